The van der Waals surface area contributed by atoms with Gasteiger partial charge in [-0.15, -0.1) is 0 Å². The molecule has 0 saturated carbocycles. The Labute approximate surface area is 151 Å². The van der Waals surface area contributed by atoms with Crippen LogP contribution in [0.15, 0.2) is 97.2 Å². The minimum atomic E-state index is 0.944. The highest BCUT2D eigenvalue weighted by molar-refractivity contribution is 5.97. The van der Waals surface area contributed by atoms with E-state index in [1.165, 1.54) is 10.8 Å². The van der Waals surface area contributed by atoms with Crippen LogP contribution < -0.4 is 0 Å². The maximum atomic E-state index is 4.97. The third kappa shape index (κ3) is 2.44. The smallest absolute Gasteiger partial charge is 0.0795 e. The van der Waals surface area contributed by atoms with Crippen LogP contribution in [0.25, 0.3) is 44.2 Å². The Bertz CT molecular complexity index is 1140. The molecule has 0 radical (unpaired) electrons. The van der Waals surface area contributed by atoms with E-state index >= 15 is 0 Å². The van der Waals surface area contributed by atoms with E-state index in [0.29, 0.717) is 0 Å². The third-order valence-electron chi connectivity index (χ3n) is 4.72. The summed E-state index contributed by atoms with van der Waals surface area (Å²) < 4.78 is 0. The van der Waals surface area contributed by atoms with Crippen LogP contribution >= 0.6 is 0 Å². The van der Waals surface area contributed by atoms with E-state index in [-0.39, 0.29) is 0 Å². The first-order chi connectivity index (χ1) is 12.9. The SMILES string of the molecule is c1cc(-c2cccc3ccccc23)nc(-c2cccc3cccnc23)c1. The quantitative estimate of drug-likeness (QED) is 0.389. The van der Waals surface area contributed by atoms with Crippen molar-refractivity contribution in [2.45, 2.75) is 0 Å². The summed E-state index contributed by atoms with van der Waals surface area (Å²) >= 11 is 0. The number of hydrogen-bond donors (Lipinski definition) is 0. The molecule has 2 nitrogen and oxygen atoms in total. The molecule has 0 spiro atoms. The molecule has 122 valence electrons. The van der Waals surface area contributed by atoms with Gasteiger partial charge >= 0.3 is 0 Å². The van der Waals surface area contributed by atoms with Crippen molar-refractivity contribution in [1.29, 1.82) is 0 Å². The van der Waals surface area contributed by atoms with Gasteiger partial charge in [-0.05, 0) is 29.0 Å². The summed E-state index contributed by atoms with van der Waals surface area (Å²) in [7, 11) is 0. The molecule has 0 unspecified atom stereocenters. The maximum absolute atomic E-state index is 4.97. The van der Waals surface area contributed by atoms with Crippen LogP contribution in [0.1, 0.15) is 0 Å². The van der Waals surface area contributed by atoms with Gasteiger partial charge in [0.25, 0.3) is 0 Å². The Morgan fingerprint density at radius 2 is 1.15 bits per heavy atom. The normalized spacial score (nSPS) is 11.1. The summed E-state index contributed by atoms with van der Waals surface area (Å²) in [5.74, 6) is 0. The molecule has 0 aliphatic carbocycles. The molecule has 0 aliphatic rings. The first-order valence-electron chi connectivity index (χ1n) is 8.69. The lowest BCUT2D eigenvalue weighted by Gasteiger charge is -2.09. The van der Waals surface area contributed by atoms with Crippen molar-refractivity contribution in [2.24, 2.45) is 0 Å². The van der Waals surface area contributed by atoms with Crippen molar-refractivity contribution >= 4 is 21.7 Å². The molecular formula is C24H16N2. The summed E-state index contributed by atoms with van der Waals surface area (Å²) in [4.78, 5) is 9.54. The zero-order chi connectivity index (χ0) is 17.3. The molecule has 0 aliphatic heterocycles. The Balaban J connectivity index is 1.72. The summed E-state index contributed by atoms with van der Waals surface area (Å²) in [5, 5.41) is 3.57. The largest absolute Gasteiger partial charge is 0.256 e. The van der Waals surface area contributed by atoms with Crippen molar-refractivity contribution in [1.82, 2.24) is 9.97 Å². The monoisotopic (exact) mass is 332 g/mol. The lowest BCUT2D eigenvalue weighted by atomic mass is 10.0. The molecule has 3 aromatic carbocycles. The third-order valence-corrected chi connectivity index (χ3v) is 4.72. The number of nitrogens with zero attached hydrogens (tertiary/aromatic N) is 2. The van der Waals surface area contributed by atoms with Gasteiger partial charge in [0, 0.05) is 22.7 Å². The molecule has 5 rings (SSSR count). The molecular weight excluding hydrogens is 316 g/mol. The molecule has 26 heavy (non-hydrogen) atoms. The minimum absolute atomic E-state index is 0.944. The Morgan fingerprint density at radius 3 is 2.08 bits per heavy atom. The highest BCUT2D eigenvalue weighted by atomic mass is 14.7. The average molecular weight is 332 g/mol. The first-order valence-corrected chi connectivity index (χ1v) is 8.69. The van der Waals surface area contributed by atoms with Gasteiger partial charge < -0.3 is 0 Å². The predicted octanol–water partition coefficient (Wildman–Crippen LogP) is 6.12. The van der Waals surface area contributed by atoms with Crippen molar-refractivity contribution < 1.29 is 0 Å². The highest BCUT2D eigenvalue weighted by Crippen LogP contribution is 2.30. The molecule has 2 heteroatoms. The van der Waals surface area contributed by atoms with Gasteiger partial charge in [0.2, 0.25) is 0 Å². The molecule has 0 atom stereocenters. The van der Waals surface area contributed by atoms with Gasteiger partial charge in [-0.25, -0.2) is 4.98 Å². The first kappa shape index (κ1) is 14.8. The molecule has 0 fully saturated rings. The van der Waals surface area contributed by atoms with Crippen molar-refractivity contribution in [3.63, 3.8) is 0 Å². The molecule has 2 aromatic heterocycles. The van der Waals surface area contributed by atoms with Crippen LogP contribution in [0.2, 0.25) is 0 Å². The zero-order valence-electron chi connectivity index (χ0n) is 14.1. The summed E-state index contributed by atoms with van der Waals surface area (Å²) in [6.07, 6.45) is 1.83. The number of pyridine rings is 2. The highest BCUT2D eigenvalue weighted by Gasteiger charge is 2.09. The second-order valence-corrected chi connectivity index (χ2v) is 6.32. The lowest BCUT2D eigenvalue weighted by Crippen LogP contribution is -1.91. The van der Waals surface area contributed by atoms with E-state index in [2.05, 4.69) is 89.9 Å². The van der Waals surface area contributed by atoms with Gasteiger partial charge in [-0.1, -0.05) is 72.8 Å². The van der Waals surface area contributed by atoms with E-state index < -0.39 is 0 Å². The van der Waals surface area contributed by atoms with E-state index in [1.807, 2.05) is 12.3 Å². The second-order valence-electron chi connectivity index (χ2n) is 6.32. The van der Waals surface area contributed by atoms with Gasteiger partial charge in [0.05, 0.1) is 16.9 Å². The number of aromatic nitrogens is 2. The van der Waals surface area contributed by atoms with E-state index in [1.54, 1.807) is 0 Å². The van der Waals surface area contributed by atoms with Crippen LogP contribution in [0.4, 0.5) is 0 Å². The number of rotatable bonds is 2. The number of para-hydroxylation sites is 1. The molecule has 0 bridgehead atoms. The van der Waals surface area contributed by atoms with Crippen LogP contribution in [0.3, 0.4) is 0 Å². The second kappa shape index (κ2) is 6.08. The van der Waals surface area contributed by atoms with Crippen LogP contribution in [0.5, 0.6) is 0 Å². The number of hydrogen-bond acceptors (Lipinski definition) is 2. The van der Waals surface area contributed by atoms with Crippen LogP contribution in [0, 0.1) is 0 Å². The van der Waals surface area contributed by atoms with Gasteiger partial charge in [0.15, 0.2) is 0 Å². The molecule has 0 saturated heterocycles. The van der Waals surface area contributed by atoms with Gasteiger partial charge in [-0.2, -0.15) is 0 Å². The molecule has 5 aromatic rings. The Hall–Kier alpha value is -3.52. The van der Waals surface area contributed by atoms with Crippen LogP contribution in [-0.2, 0) is 0 Å². The zero-order valence-corrected chi connectivity index (χ0v) is 14.1. The molecule has 2 heterocycles. The van der Waals surface area contributed by atoms with Crippen molar-refractivity contribution in [3.8, 4) is 22.5 Å². The standard InChI is InChI=1S/C24H16N2/c1-2-11-19-17(7-1)8-3-12-20(19)22-14-5-15-23(26-22)21-13-4-9-18-10-6-16-25-24(18)21/h1-16H. The maximum Gasteiger partial charge on any atom is 0.0795 e. The van der Waals surface area contributed by atoms with Gasteiger partial charge in [-0.3, -0.25) is 4.98 Å². The number of benzene rings is 3. The Morgan fingerprint density at radius 1 is 0.500 bits per heavy atom. The number of fused-ring (bicyclic) bond motifs is 2. The van der Waals surface area contributed by atoms with Crippen molar-refractivity contribution in [2.75, 3.05) is 0 Å². The van der Waals surface area contributed by atoms with Crippen molar-refractivity contribution in [3.05, 3.63) is 97.2 Å². The average Bonchev–Trinajstić information content (AvgIpc) is 2.73. The van der Waals surface area contributed by atoms with Gasteiger partial charge in [0.1, 0.15) is 0 Å². The topological polar surface area (TPSA) is 25.8 Å². The summed E-state index contributed by atoms with van der Waals surface area (Å²) in [6.45, 7) is 0. The molecule has 0 amide bonds. The fourth-order valence-electron chi connectivity index (χ4n) is 3.49. The van der Waals surface area contributed by atoms with Crippen LogP contribution in [-0.4, -0.2) is 9.97 Å². The molecule has 0 N–H and O–H groups in total. The predicted molar refractivity (Wildman–Crippen MR) is 108 cm³/mol. The van der Waals surface area contributed by atoms with E-state index in [0.717, 1.165) is 33.4 Å². The lowest BCUT2D eigenvalue weighted by molar-refractivity contribution is 1.32. The summed E-state index contributed by atoms with van der Waals surface area (Å²) in [5.41, 5.74) is 5.12. The fourth-order valence-corrected chi connectivity index (χ4v) is 3.49. The van der Waals surface area contributed by atoms with E-state index in [9.17, 15) is 0 Å². The minimum Gasteiger partial charge on any atom is -0.256 e. The Kier molecular flexibility index (Phi) is 3.46. The van der Waals surface area contributed by atoms with E-state index in [4.69, 9.17) is 4.98 Å². The summed E-state index contributed by atoms with van der Waals surface area (Å²) in [6, 6.07) is 31.3. The fraction of sp³-hybridized carbons (Fsp3) is 0.